The van der Waals surface area contributed by atoms with Crippen molar-refractivity contribution in [1.82, 2.24) is 30.2 Å². The van der Waals surface area contributed by atoms with Gasteiger partial charge in [0.2, 0.25) is 0 Å². The molecule has 3 heterocycles. The van der Waals surface area contributed by atoms with Crippen molar-refractivity contribution in [3.05, 3.63) is 83.6 Å². The molecule has 2 aromatic heterocycles. The number of hydrogen-bond donors (Lipinski definition) is 1. The number of carbonyl (C=O) groups is 1. The van der Waals surface area contributed by atoms with Crippen molar-refractivity contribution in [2.24, 2.45) is 5.92 Å². The molecule has 0 radical (unpaired) electrons. The number of hydrogen-bond acceptors (Lipinski definition) is 5. The summed E-state index contributed by atoms with van der Waals surface area (Å²) in [6.07, 6.45) is 6.35. The summed E-state index contributed by atoms with van der Waals surface area (Å²) >= 11 is 0. The first-order valence-corrected chi connectivity index (χ1v) is 12.5. The van der Waals surface area contributed by atoms with Crippen molar-refractivity contribution in [2.45, 2.75) is 32.6 Å². The molecule has 2 aromatic carbocycles. The van der Waals surface area contributed by atoms with Crippen LogP contribution < -0.4 is 5.32 Å². The molecule has 7 heteroatoms. The predicted molar refractivity (Wildman–Crippen MR) is 138 cm³/mol. The van der Waals surface area contributed by atoms with Gasteiger partial charge < -0.3 is 10.2 Å². The molecule has 0 unspecified atom stereocenters. The number of benzene rings is 2. The van der Waals surface area contributed by atoms with Crippen molar-refractivity contribution in [1.29, 1.82) is 0 Å². The number of likely N-dealkylation sites (tertiary alicyclic amines) is 1. The van der Waals surface area contributed by atoms with Crippen LogP contribution in [0.3, 0.4) is 0 Å². The Hall–Kier alpha value is -3.58. The van der Waals surface area contributed by atoms with Gasteiger partial charge in [-0.3, -0.25) is 4.79 Å². The molecule has 35 heavy (non-hydrogen) atoms. The molecule has 0 bridgehead atoms. The van der Waals surface area contributed by atoms with Crippen LogP contribution in [0.15, 0.2) is 66.9 Å². The van der Waals surface area contributed by atoms with Crippen LogP contribution in [0.4, 0.5) is 0 Å². The number of nitrogens with one attached hydrogen (secondary N) is 1. The zero-order chi connectivity index (χ0) is 24.0. The maximum atomic E-state index is 12.8. The molecule has 5 rings (SSSR count). The van der Waals surface area contributed by atoms with E-state index >= 15 is 0 Å². The Morgan fingerprint density at radius 3 is 2.71 bits per heavy atom. The van der Waals surface area contributed by atoms with Gasteiger partial charge in [0.15, 0.2) is 5.65 Å². The summed E-state index contributed by atoms with van der Waals surface area (Å²) in [7, 11) is 0. The van der Waals surface area contributed by atoms with Gasteiger partial charge in [-0.1, -0.05) is 41.6 Å². The van der Waals surface area contributed by atoms with Gasteiger partial charge >= 0.3 is 0 Å². The number of pyridine rings is 1. The molecule has 7 nitrogen and oxygen atoms in total. The van der Waals surface area contributed by atoms with Crippen LogP contribution >= 0.6 is 0 Å². The highest BCUT2D eigenvalue weighted by Crippen LogP contribution is 2.22. The predicted octanol–water partition coefficient (Wildman–Crippen LogP) is 4.20. The number of carbonyl (C=O) groups excluding carboxylic acids is 1. The Morgan fingerprint density at radius 2 is 1.89 bits per heavy atom. The number of amides is 1. The minimum Gasteiger partial charge on any atom is -0.352 e. The molecule has 1 saturated heterocycles. The largest absolute Gasteiger partial charge is 0.352 e. The first kappa shape index (κ1) is 23.2. The zero-order valence-electron chi connectivity index (χ0n) is 20.2. The van der Waals surface area contributed by atoms with Gasteiger partial charge in [-0.2, -0.15) is 4.68 Å². The van der Waals surface area contributed by atoms with Crippen molar-refractivity contribution < 1.29 is 4.79 Å². The second kappa shape index (κ2) is 10.8. The number of aryl methyl sites for hydroxylation is 1. The molecule has 1 aliphatic heterocycles. The fourth-order valence-corrected chi connectivity index (χ4v) is 4.87. The quantitative estimate of drug-likeness (QED) is 0.392. The minimum atomic E-state index is -0.0646. The molecule has 1 fully saturated rings. The minimum absolute atomic E-state index is 0.0646. The maximum Gasteiger partial charge on any atom is 0.251 e. The molecular formula is C28H32N6O. The summed E-state index contributed by atoms with van der Waals surface area (Å²) in [4.78, 5) is 19.7. The van der Waals surface area contributed by atoms with Crippen LogP contribution in [0.5, 0.6) is 0 Å². The average Bonchev–Trinajstić information content (AvgIpc) is 3.32. The van der Waals surface area contributed by atoms with E-state index in [1.54, 1.807) is 10.9 Å². The molecule has 1 amide bonds. The fourth-order valence-electron chi connectivity index (χ4n) is 4.87. The SMILES string of the molecule is Cc1ccc(C(=O)NCCCN2CCC(Cc3ccccc3)CC2)cc1-n1nnc2cccnc21. The van der Waals surface area contributed by atoms with E-state index in [1.807, 2.05) is 37.3 Å². The number of nitrogens with zero attached hydrogens (tertiary/aromatic N) is 5. The van der Waals surface area contributed by atoms with Gasteiger partial charge in [0.25, 0.3) is 5.91 Å². The van der Waals surface area contributed by atoms with Crippen molar-refractivity contribution in [3.8, 4) is 5.69 Å². The van der Waals surface area contributed by atoms with Gasteiger partial charge in [0, 0.05) is 18.3 Å². The summed E-state index contributed by atoms with van der Waals surface area (Å²) in [5, 5.41) is 11.5. The molecule has 0 aliphatic carbocycles. The third-order valence-electron chi connectivity index (χ3n) is 6.92. The maximum absolute atomic E-state index is 12.8. The molecule has 1 aliphatic rings. The third-order valence-corrected chi connectivity index (χ3v) is 6.92. The Kier molecular flexibility index (Phi) is 7.14. The zero-order valence-corrected chi connectivity index (χ0v) is 20.2. The summed E-state index contributed by atoms with van der Waals surface area (Å²) in [6.45, 7) is 5.98. The lowest BCUT2D eigenvalue weighted by molar-refractivity contribution is 0.0950. The highest BCUT2D eigenvalue weighted by atomic mass is 16.1. The lowest BCUT2D eigenvalue weighted by Gasteiger charge is -2.32. The van der Waals surface area contributed by atoms with Crippen LogP contribution in [-0.2, 0) is 6.42 Å². The van der Waals surface area contributed by atoms with Crippen molar-refractivity contribution in [2.75, 3.05) is 26.2 Å². The Balaban J connectivity index is 1.10. The van der Waals surface area contributed by atoms with Crippen LogP contribution in [0.2, 0.25) is 0 Å². The molecule has 4 aromatic rings. The average molecular weight is 469 g/mol. The first-order valence-electron chi connectivity index (χ1n) is 12.5. The van der Waals surface area contributed by atoms with E-state index < -0.39 is 0 Å². The van der Waals surface area contributed by atoms with E-state index in [9.17, 15) is 4.79 Å². The lowest BCUT2D eigenvalue weighted by atomic mass is 9.90. The summed E-state index contributed by atoms with van der Waals surface area (Å²) in [5.41, 5.74) is 5.30. The number of aromatic nitrogens is 4. The number of piperidine rings is 1. The molecule has 180 valence electrons. The van der Waals surface area contributed by atoms with Gasteiger partial charge in [-0.25, -0.2) is 4.98 Å². The van der Waals surface area contributed by atoms with E-state index in [-0.39, 0.29) is 5.91 Å². The Labute approximate surface area is 206 Å². The topological polar surface area (TPSA) is 75.9 Å². The van der Waals surface area contributed by atoms with E-state index in [4.69, 9.17) is 0 Å². The second-order valence-electron chi connectivity index (χ2n) is 9.43. The smallest absolute Gasteiger partial charge is 0.251 e. The molecule has 0 saturated carbocycles. The fraction of sp³-hybridized carbons (Fsp3) is 0.357. The summed E-state index contributed by atoms with van der Waals surface area (Å²) in [5.74, 6) is 0.714. The number of fused-ring (bicyclic) bond motifs is 1. The van der Waals surface area contributed by atoms with Crippen molar-refractivity contribution in [3.63, 3.8) is 0 Å². The standard InChI is InChI=1S/C28H32N6O/c1-21-10-11-24(20-26(21)34-27-25(31-32-34)9-5-14-29-27)28(35)30-15-6-16-33-17-12-23(13-18-33)19-22-7-3-2-4-8-22/h2-5,7-11,14,20,23H,6,12-13,15-19H2,1H3,(H,30,35). The third kappa shape index (κ3) is 5.57. The van der Waals surface area contributed by atoms with Crippen LogP contribution in [-0.4, -0.2) is 57.0 Å². The highest BCUT2D eigenvalue weighted by molar-refractivity contribution is 5.95. The normalized spacial score (nSPS) is 14.9. The molecule has 0 atom stereocenters. The van der Waals surface area contributed by atoms with Gasteiger partial charge in [-0.05, 0) is 93.6 Å². The van der Waals surface area contributed by atoms with Crippen molar-refractivity contribution >= 4 is 17.1 Å². The Morgan fingerprint density at radius 1 is 1.06 bits per heavy atom. The van der Waals surface area contributed by atoms with Gasteiger partial charge in [-0.15, -0.1) is 5.10 Å². The summed E-state index contributed by atoms with van der Waals surface area (Å²) < 4.78 is 1.70. The molecule has 0 spiro atoms. The van der Waals surface area contributed by atoms with E-state index in [0.717, 1.165) is 48.7 Å². The highest BCUT2D eigenvalue weighted by Gasteiger charge is 2.19. The first-order chi connectivity index (χ1) is 17.2. The lowest BCUT2D eigenvalue weighted by Crippen LogP contribution is -2.36. The molecule has 1 N–H and O–H groups in total. The van der Waals surface area contributed by atoms with E-state index in [1.165, 1.54) is 24.8 Å². The van der Waals surface area contributed by atoms with Gasteiger partial charge in [0.05, 0.1) is 5.69 Å². The summed E-state index contributed by atoms with van der Waals surface area (Å²) in [6, 6.07) is 20.2. The van der Waals surface area contributed by atoms with Gasteiger partial charge in [0.1, 0.15) is 5.52 Å². The molecular weight excluding hydrogens is 436 g/mol. The second-order valence-corrected chi connectivity index (χ2v) is 9.43. The van der Waals surface area contributed by atoms with E-state index in [0.29, 0.717) is 17.8 Å². The Bertz CT molecular complexity index is 1280. The number of rotatable bonds is 8. The van der Waals surface area contributed by atoms with Crippen LogP contribution in [0.25, 0.3) is 16.9 Å². The van der Waals surface area contributed by atoms with E-state index in [2.05, 4.69) is 55.8 Å². The van der Waals surface area contributed by atoms with Crippen LogP contribution in [0, 0.1) is 12.8 Å². The monoisotopic (exact) mass is 468 g/mol. The van der Waals surface area contributed by atoms with Crippen LogP contribution in [0.1, 0.15) is 40.7 Å².